The van der Waals surface area contributed by atoms with Gasteiger partial charge in [0.05, 0.1) is 0 Å². The summed E-state index contributed by atoms with van der Waals surface area (Å²) in [5, 5.41) is 11.7. The van der Waals surface area contributed by atoms with Gasteiger partial charge in [0.25, 0.3) is 0 Å². The Labute approximate surface area is 136 Å². The Hall–Kier alpha value is -0.350. The Bertz CT molecular complexity index is 362. The minimum absolute atomic E-state index is 0.160. The van der Waals surface area contributed by atoms with Crippen molar-refractivity contribution in [2.75, 3.05) is 0 Å². The summed E-state index contributed by atoms with van der Waals surface area (Å²) < 4.78 is 0. The molecule has 1 heterocycles. The average molecular weight is 312 g/mol. The molecule has 0 aromatic carbocycles. The highest BCUT2D eigenvalue weighted by atomic mass is 32.1. The lowest BCUT2D eigenvalue weighted by Crippen LogP contribution is -2.63. The van der Waals surface area contributed by atoms with Crippen LogP contribution in [0.25, 0.3) is 0 Å². The summed E-state index contributed by atoms with van der Waals surface area (Å²) in [6.45, 7) is 11.5. The highest BCUT2D eigenvalue weighted by molar-refractivity contribution is 7.80. The molecule has 0 radical (unpaired) electrons. The molecule has 3 N–H and O–H groups in total. The number of rotatable bonds is 2. The Kier molecular flexibility index (Phi) is 5.19. The highest BCUT2D eigenvalue weighted by Crippen LogP contribution is 2.28. The largest absolute Gasteiger partial charge is 0.360 e. The molecule has 2 atom stereocenters. The van der Waals surface area contributed by atoms with Crippen molar-refractivity contribution in [2.24, 2.45) is 5.92 Å². The molecule has 0 spiro atoms. The summed E-state index contributed by atoms with van der Waals surface area (Å²) in [4.78, 5) is 0. The van der Waals surface area contributed by atoms with Crippen molar-refractivity contribution in [3.63, 3.8) is 0 Å². The third-order valence-corrected chi connectivity index (χ3v) is 5.19. The zero-order chi connectivity index (χ0) is 15.7. The monoisotopic (exact) mass is 311 g/mol. The maximum Gasteiger partial charge on any atom is 0.166 e. The molecule has 2 fully saturated rings. The maximum absolute atomic E-state index is 5.58. The molecular weight excluding hydrogens is 278 g/mol. The van der Waals surface area contributed by atoms with Gasteiger partial charge in [-0.05, 0) is 71.5 Å². The Morgan fingerprint density at radius 1 is 1.00 bits per heavy atom. The second kappa shape index (κ2) is 6.41. The van der Waals surface area contributed by atoms with Gasteiger partial charge in [0.2, 0.25) is 0 Å². The van der Waals surface area contributed by atoms with E-state index in [0.717, 1.165) is 23.9 Å². The van der Waals surface area contributed by atoms with Gasteiger partial charge in [0.1, 0.15) is 0 Å². The van der Waals surface area contributed by atoms with E-state index in [9.17, 15) is 0 Å². The zero-order valence-electron chi connectivity index (χ0n) is 14.4. The Morgan fingerprint density at radius 2 is 1.57 bits per heavy atom. The van der Waals surface area contributed by atoms with Crippen molar-refractivity contribution in [1.29, 1.82) is 0 Å². The zero-order valence-corrected chi connectivity index (χ0v) is 15.2. The fraction of sp³-hybridized carbons (Fsp3) is 0.941. The van der Waals surface area contributed by atoms with E-state index in [0.29, 0.717) is 12.1 Å². The van der Waals surface area contributed by atoms with Crippen LogP contribution in [-0.2, 0) is 0 Å². The van der Waals surface area contributed by atoms with Crippen molar-refractivity contribution in [3.05, 3.63) is 0 Å². The quantitative estimate of drug-likeness (QED) is 0.684. The van der Waals surface area contributed by atoms with Gasteiger partial charge in [-0.2, -0.15) is 0 Å². The molecule has 0 aromatic rings. The minimum Gasteiger partial charge on any atom is -0.360 e. The van der Waals surface area contributed by atoms with E-state index < -0.39 is 0 Å². The van der Waals surface area contributed by atoms with Gasteiger partial charge in [-0.1, -0.05) is 19.8 Å². The van der Waals surface area contributed by atoms with E-state index in [1.807, 2.05) is 0 Å². The normalized spacial score (nSPS) is 32.4. The van der Waals surface area contributed by atoms with E-state index in [4.69, 9.17) is 12.2 Å². The smallest absolute Gasteiger partial charge is 0.166 e. The summed E-state index contributed by atoms with van der Waals surface area (Å²) in [6, 6.07) is 1.01. The molecule has 0 aromatic heterocycles. The SMILES string of the molecule is C[C@@H]1CCCC[C@@H]1NC(=S)NC1CC(C)(C)NC(C)(C)C1. The molecule has 0 unspecified atom stereocenters. The van der Waals surface area contributed by atoms with E-state index in [2.05, 4.69) is 50.6 Å². The summed E-state index contributed by atoms with van der Waals surface area (Å²) in [5.74, 6) is 0.736. The Morgan fingerprint density at radius 3 is 2.14 bits per heavy atom. The minimum atomic E-state index is 0.160. The van der Waals surface area contributed by atoms with Crippen LogP contribution >= 0.6 is 12.2 Å². The summed E-state index contributed by atoms with van der Waals surface area (Å²) in [7, 11) is 0. The lowest BCUT2D eigenvalue weighted by atomic mass is 9.79. The fourth-order valence-electron chi connectivity index (χ4n) is 4.35. The van der Waals surface area contributed by atoms with Gasteiger partial charge >= 0.3 is 0 Å². The molecule has 1 aliphatic heterocycles. The van der Waals surface area contributed by atoms with Crippen molar-refractivity contribution >= 4 is 17.3 Å². The third-order valence-electron chi connectivity index (χ3n) is 4.95. The van der Waals surface area contributed by atoms with Crippen LogP contribution in [0.4, 0.5) is 0 Å². The first-order chi connectivity index (χ1) is 9.67. The van der Waals surface area contributed by atoms with Crippen molar-refractivity contribution in [3.8, 4) is 0 Å². The lowest BCUT2D eigenvalue weighted by molar-refractivity contribution is 0.155. The van der Waals surface area contributed by atoms with Crippen LogP contribution in [0.1, 0.15) is 73.1 Å². The average Bonchev–Trinajstić information content (AvgIpc) is 2.27. The first kappa shape index (κ1) is 17.0. The summed E-state index contributed by atoms with van der Waals surface area (Å²) in [6.07, 6.45) is 7.51. The van der Waals surface area contributed by atoms with Gasteiger partial charge in [0, 0.05) is 23.2 Å². The molecule has 21 heavy (non-hydrogen) atoms. The first-order valence-corrected chi connectivity index (χ1v) is 8.94. The van der Waals surface area contributed by atoms with Gasteiger partial charge in [-0.25, -0.2) is 0 Å². The van der Waals surface area contributed by atoms with Crippen LogP contribution in [0, 0.1) is 5.92 Å². The Balaban J connectivity index is 1.87. The van der Waals surface area contributed by atoms with E-state index in [1.54, 1.807) is 0 Å². The first-order valence-electron chi connectivity index (χ1n) is 8.53. The number of hydrogen-bond donors (Lipinski definition) is 3. The molecule has 1 aliphatic carbocycles. The summed E-state index contributed by atoms with van der Waals surface area (Å²) >= 11 is 5.58. The molecule has 2 rings (SSSR count). The molecule has 1 saturated heterocycles. The van der Waals surface area contributed by atoms with Crippen LogP contribution in [-0.4, -0.2) is 28.3 Å². The molecule has 3 nitrogen and oxygen atoms in total. The van der Waals surface area contributed by atoms with Crippen molar-refractivity contribution in [2.45, 2.75) is 96.3 Å². The predicted octanol–water partition coefficient (Wildman–Crippen LogP) is 3.34. The van der Waals surface area contributed by atoms with Crippen LogP contribution in [0.2, 0.25) is 0 Å². The van der Waals surface area contributed by atoms with Gasteiger partial charge in [-0.15, -0.1) is 0 Å². The van der Waals surface area contributed by atoms with E-state index in [1.165, 1.54) is 25.7 Å². The molecule has 122 valence electrons. The van der Waals surface area contributed by atoms with E-state index in [-0.39, 0.29) is 11.1 Å². The fourth-order valence-corrected chi connectivity index (χ4v) is 4.67. The summed E-state index contributed by atoms with van der Waals surface area (Å²) in [5.41, 5.74) is 0.320. The van der Waals surface area contributed by atoms with E-state index >= 15 is 0 Å². The van der Waals surface area contributed by atoms with Crippen LogP contribution < -0.4 is 16.0 Å². The third kappa shape index (κ3) is 5.10. The molecule has 0 bridgehead atoms. The lowest BCUT2D eigenvalue weighted by Gasteiger charge is -2.47. The van der Waals surface area contributed by atoms with Gasteiger partial charge in [0.15, 0.2) is 5.11 Å². The molecular formula is C17H33N3S. The van der Waals surface area contributed by atoms with Crippen LogP contribution in [0.3, 0.4) is 0 Å². The topological polar surface area (TPSA) is 36.1 Å². The molecule has 4 heteroatoms. The maximum atomic E-state index is 5.58. The van der Waals surface area contributed by atoms with Crippen molar-refractivity contribution < 1.29 is 0 Å². The van der Waals surface area contributed by atoms with Crippen LogP contribution in [0.15, 0.2) is 0 Å². The number of hydrogen-bond acceptors (Lipinski definition) is 2. The molecule has 1 saturated carbocycles. The predicted molar refractivity (Wildman–Crippen MR) is 94.6 cm³/mol. The van der Waals surface area contributed by atoms with Gasteiger partial charge in [-0.3, -0.25) is 0 Å². The highest BCUT2D eigenvalue weighted by Gasteiger charge is 2.38. The molecule has 0 amide bonds. The molecule has 2 aliphatic rings. The second-order valence-electron chi connectivity index (χ2n) is 8.48. The number of piperidine rings is 1. The number of nitrogens with one attached hydrogen (secondary N) is 3. The van der Waals surface area contributed by atoms with Gasteiger partial charge < -0.3 is 16.0 Å². The second-order valence-corrected chi connectivity index (χ2v) is 8.89. The standard InChI is InChI=1S/C17H33N3S/c1-12-8-6-7-9-14(12)19-15(21)18-13-10-16(2,3)20-17(4,5)11-13/h12-14,20H,6-11H2,1-5H3,(H2,18,19,21)/t12-,14+/m1/s1. The van der Waals surface area contributed by atoms with Crippen molar-refractivity contribution in [1.82, 2.24) is 16.0 Å². The number of thiocarbonyl (C=S) groups is 1. The van der Waals surface area contributed by atoms with Crippen LogP contribution in [0.5, 0.6) is 0 Å².